The highest BCUT2D eigenvalue weighted by atomic mass is 32.2. The number of nitrogens with zero attached hydrogens (tertiary/aromatic N) is 1. The second-order valence-corrected chi connectivity index (χ2v) is 10.3. The third kappa shape index (κ3) is 4.67. The second-order valence-electron chi connectivity index (χ2n) is 8.36. The number of carbonyl (C=O) groups is 1. The number of para-hydroxylation sites is 1. The molecule has 1 amide bonds. The molecule has 1 saturated heterocycles. The van der Waals surface area contributed by atoms with Gasteiger partial charge in [0.25, 0.3) is 5.91 Å². The summed E-state index contributed by atoms with van der Waals surface area (Å²) in [4.78, 5) is 12.4. The Morgan fingerprint density at radius 3 is 2.34 bits per heavy atom. The average Bonchev–Trinajstić information content (AvgIpc) is 2.68. The van der Waals surface area contributed by atoms with E-state index in [1.165, 1.54) is 10.4 Å². The summed E-state index contributed by atoms with van der Waals surface area (Å²) in [7, 11) is -3.97. The molecular weight excluding hydrogens is 391 g/mol. The maximum absolute atomic E-state index is 14.4. The number of hydrogen-bond acceptors (Lipinski definition) is 3. The minimum absolute atomic E-state index is 0.102. The van der Waals surface area contributed by atoms with Crippen molar-refractivity contribution in [2.24, 2.45) is 0 Å². The molecule has 1 heterocycles. The Hall–Kier alpha value is -2.25. The molecule has 0 saturated carbocycles. The lowest BCUT2D eigenvalue weighted by molar-refractivity contribution is 0.102. The van der Waals surface area contributed by atoms with Crippen molar-refractivity contribution in [1.29, 1.82) is 0 Å². The highest BCUT2D eigenvalue weighted by Crippen LogP contribution is 2.30. The van der Waals surface area contributed by atoms with Crippen molar-refractivity contribution in [2.45, 2.75) is 50.3 Å². The molecule has 0 atom stereocenters. The van der Waals surface area contributed by atoms with Crippen LogP contribution in [0.3, 0.4) is 0 Å². The van der Waals surface area contributed by atoms with Gasteiger partial charge in [-0.15, -0.1) is 0 Å². The van der Waals surface area contributed by atoms with Gasteiger partial charge in [0.15, 0.2) is 0 Å². The van der Waals surface area contributed by atoms with E-state index >= 15 is 0 Å². The van der Waals surface area contributed by atoms with Gasteiger partial charge in [0.2, 0.25) is 10.0 Å². The van der Waals surface area contributed by atoms with Gasteiger partial charge in [0, 0.05) is 24.3 Å². The van der Waals surface area contributed by atoms with E-state index in [0.717, 1.165) is 37.0 Å². The fourth-order valence-electron chi connectivity index (χ4n) is 3.53. The molecule has 7 heteroatoms. The Kier molecular flexibility index (Phi) is 6.10. The zero-order valence-corrected chi connectivity index (χ0v) is 17.9. The van der Waals surface area contributed by atoms with Crippen molar-refractivity contribution in [3.8, 4) is 0 Å². The first kappa shape index (κ1) is 21.5. The highest BCUT2D eigenvalue weighted by molar-refractivity contribution is 7.89. The van der Waals surface area contributed by atoms with Crippen LogP contribution in [-0.4, -0.2) is 31.7 Å². The minimum atomic E-state index is -3.97. The molecule has 0 spiro atoms. The van der Waals surface area contributed by atoms with Crippen molar-refractivity contribution < 1.29 is 17.6 Å². The van der Waals surface area contributed by atoms with Crippen LogP contribution in [0.2, 0.25) is 0 Å². The van der Waals surface area contributed by atoms with E-state index in [1.807, 2.05) is 39.0 Å². The van der Waals surface area contributed by atoms with Crippen LogP contribution in [0.15, 0.2) is 47.4 Å². The predicted octanol–water partition coefficient (Wildman–Crippen LogP) is 4.55. The van der Waals surface area contributed by atoms with Gasteiger partial charge >= 0.3 is 0 Å². The number of anilines is 1. The number of benzene rings is 2. The SMILES string of the molecule is CC(C)(C)c1ccccc1NC(=O)c1ccc(F)c(S(=O)(=O)N2CCCCC2)c1. The molecule has 156 valence electrons. The third-order valence-corrected chi connectivity index (χ3v) is 7.02. The van der Waals surface area contributed by atoms with Gasteiger partial charge in [-0.05, 0) is 48.1 Å². The number of nitrogens with one attached hydrogen (secondary N) is 1. The summed E-state index contributed by atoms with van der Waals surface area (Å²) < 4.78 is 41.5. The molecule has 0 radical (unpaired) electrons. The summed E-state index contributed by atoms with van der Waals surface area (Å²) in [6.07, 6.45) is 2.47. The number of rotatable bonds is 4. The summed E-state index contributed by atoms with van der Waals surface area (Å²) in [5, 5.41) is 2.84. The molecule has 0 aliphatic carbocycles. The second kappa shape index (κ2) is 8.24. The van der Waals surface area contributed by atoms with Crippen molar-refractivity contribution >= 4 is 21.6 Å². The summed E-state index contributed by atoms with van der Waals surface area (Å²) in [5.74, 6) is -1.32. The summed E-state index contributed by atoms with van der Waals surface area (Å²) in [6, 6.07) is 10.9. The van der Waals surface area contributed by atoms with Crippen molar-refractivity contribution in [1.82, 2.24) is 4.31 Å². The molecule has 0 bridgehead atoms. The van der Waals surface area contributed by atoms with Gasteiger partial charge in [-0.25, -0.2) is 12.8 Å². The molecule has 1 aliphatic heterocycles. The zero-order valence-electron chi connectivity index (χ0n) is 17.0. The van der Waals surface area contributed by atoms with Crippen LogP contribution in [0.25, 0.3) is 0 Å². The fraction of sp³-hybridized carbons (Fsp3) is 0.409. The summed E-state index contributed by atoms with van der Waals surface area (Å²) >= 11 is 0. The normalized spacial score (nSPS) is 15.9. The molecular formula is C22H27FN2O3S. The van der Waals surface area contributed by atoms with Crippen LogP contribution in [0, 0.1) is 5.82 Å². The number of sulfonamides is 1. The Morgan fingerprint density at radius 1 is 1.03 bits per heavy atom. The lowest BCUT2D eigenvalue weighted by Crippen LogP contribution is -2.36. The largest absolute Gasteiger partial charge is 0.322 e. The third-order valence-electron chi connectivity index (χ3n) is 5.11. The zero-order chi connectivity index (χ0) is 21.2. The Bertz CT molecular complexity index is 1010. The van der Waals surface area contributed by atoms with Crippen LogP contribution in [0.5, 0.6) is 0 Å². The van der Waals surface area contributed by atoms with E-state index in [0.29, 0.717) is 18.8 Å². The summed E-state index contributed by atoms with van der Waals surface area (Å²) in [5.41, 5.74) is 1.52. The van der Waals surface area contributed by atoms with Crippen molar-refractivity contribution in [3.05, 3.63) is 59.4 Å². The first-order valence-corrected chi connectivity index (χ1v) is 11.3. The van der Waals surface area contributed by atoms with Gasteiger partial charge < -0.3 is 5.32 Å². The number of piperidine rings is 1. The maximum Gasteiger partial charge on any atom is 0.255 e. The average molecular weight is 419 g/mol. The topological polar surface area (TPSA) is 66.5 Å². The monoisotopic (exact) mass is 418 g/mol. The van der Waals surface area contributed by atoms with Gasteiger partial charge in [0.1, 0.15) is 10.7 Å². The lowest BCUT2D eigenvalue weighted by Gasteiger charge is -2.26. The molecule has 3 rings (SSSR count). The maximum atomic E-state index is 14.4. The number of amides is 1. The van der Waals surface area contributed by atoms with Crippen LogP contribution in [0.1, 0.15) is 56.0 Å². The number of hydrogen-bond donors (Lipinski definition) is 1. The van der Waals surface area contributed by atoms with Crippen LogP contribution in [-0.2, 0) is 15.4 Å². The van der Waals surface area contributed by atoms with E-state index in [2.05, 4.69) is 5.32 Å². The van der Waals surface area contributed by atoms with Gasteiger partial charge in [-0.1, -0.05) is 45.4 Å². The van der Waals surface area contributed by atoms with Crippen molar-refractivity contribution in [3.63, 3.8) is 0 Å². The summed E-state index contributed by atoms with van der Waals surface area (Å²) in [6.45, 7) is 6.87. The number of carbonyl (C=O) groups excluding carboxylic acids is 1. The quantitative estimate of drug-likeness (QED) is 0.792. The molecule has 2 aromatic carbocycles. The first-order chi connectivity index (χ1) is 13.6. The first-order valence-electron chi connectivity index (χ1n) is 9.81. The molecule has 29 heavy (non-hydrogen) atoms. The molecule has 5 nitrogen and oxygen atoms in total. The molecule has 1 aliphatic rings. The predicted molar refractivity (Wildman–Crippen MR) is 112 cm³/mol. The lowest BCUT2D eigenvalue weighted by atomic mass is 9.86. The fourth-order valence-corrected chi connectivity index (χ4v) is 5.13. The van der Waals surface area contributed by atoms with Gasteiger partial charge in [0.05, 0.1) is 0 Å². The highest BCUT2D eigenvalue weighted by Gasteiger charge is 2.29. The van der Waals surface area contributed by atoms with Crippen molar-refractivity contribution in [2.75, 3.05) is 18.4 Å². The molecule has 0 unspecified atom stereocenters. The van der Waals surface area contributed by atoms with E-state index in [1.54, 1.807) is 6.07 Å². The van der Waals surface area contributed by atoms with Gasteiger partial charge in [-0.2, -0.15) is 4.31 Å². The molecule has 0 aromatic heterocycles. The van der Waals surface area contributed by atoms with Crippen LogP contribution in [0.4, 0.5) is 10.1 Å². The van der Waals surface area contributed by atoms with E-state index in [9.17, 15) is 17.6 Å². The van der Waals surface area contributed by atoms with Crippen LogP contribution >= 0.6 is 0 Å². The van der Waals surface area contributed by atoms with E-state index in [4.69, 9.17) is 0 Å². The van der Waals surface area contributed by atoms with Gasteiger partial charge in [-0.3, -0.25) is 4.79 Å². The smallest absolute Gasteiger partial charge is 0.255 e. The molecule has 1 fully saturated rings. The van der Waals surface area contributed by atoms with E-state index in [-0.39, 0.29) is 11.0 Å². The number of halogens is 1. The molecule has 1 N–H and O–H groups in total. The Balaban J connectivity index is 1.91. The van der Waals surface area contributed by atoms with E-state index < -0.39 is 26.6 Å². The Morgan fingerprint density at radius 2 is 1.69 bits per heavy atom. The standard InChI is InChI=1S/C22H27FN2O3S/c1-22(2,3)17-9-5-6-10-19(17)24-21(26)16-11-12-18(23)20(15-16)29(27,28)25-13-7-4-8-14-25/h5-6,9-12,15H,4,7-8,13-14H2,1-3H3,(H,24,26). The molecule has 2 aromatic rings. The van der Waals surface area contributed by atoms with Crippen LogP contribution < -0.4 is 5.32 Å². The Labute approximate surface area is 172 Å². The minimum Gasteiger partial charge on any atom is -0.322 e.